The maximum Gasteiger partial charge on any atom is 0.257 e. The molecule has 2 atom stereocenters. The van der Waals surface area contributed by atoms with Gasteiger partial charge in [-0.15, -0.1) is 0 Å². The van der Waals surface area contributed by atoms with Crippen molar-refractivity contribution in [3.05, 3.63) is 0 Å². The molecule has 0 aromatic heterocycles. The van der Waals surface area contributed by atoms with E-state index in [9.17, 15) is 8.78 Å². The van der Waals surface area contributed by atoms with Gasteiger partial charge in [0.1, 0.15) is 0 Å². The Kier molecular flexibility index (Phi) is 0.725. The Morgan fingerprint density at radius 1 is 1.44 bits per heavy atom. The molecule has 0 amide bonds. The van der Waals surface area contributed by atoms with Crippen LogP contribution >= 0.6 is 0 Å². The Labute approximate surface area is 53.2 Å². The van der Waals surface area contributed by atoms with Gasteiger partial charge in [0.15, 0.2) is 0 Å². The number of hydrogen-bond donors (Lipinski definition) is 0. The van der Waals surface area contributed by atoms with E-state index in [0.29, 0.717) is 0 Å². The zero-order chi connectivity index (χ0) is 6.70. The first-order chi connectivity index (χ1) is 4.09. The Bertz CT molecular complexity index is 153. The fourth-order valence-electron chi connectivity index (χ4n) is 2.19. The molecule has 2 aliphatic carbocycles. The second kappa shape index (κ2) is 1.16. The SMILES string of the molecule is CC12CCCC1C2(F)F. The molecule has 2 fully saturated rings. The number of alkyl halides is 2. The van der Waals surface area contributed by atoms with Gasteiger partial charge in [0.05, 0.1) is 0 Å². The maximum atomic E-state index is 12.6. The van der Waals surface area contributed by atoms with Crippen LogP contribution in [0.2, 0.25) is 0 Å². The molecular weight excluding hydrogens is 122 g/mol. The number of rotatable bonds is 0. The Balaban J connectivity index is 2.26. The summed E-state index contributed by atoms with van der Waals surface area (Å²) >= 11 is 0. The lowest BCUT2D eigenvalue weighted by Gasteiger charge is -2.04. The van der Waals surface area contributed by atoms with Crippen molar-refractivity contribution in [3.8, 4) is 0 Å². The molecule has 0 aromatic rings. The third-order valence-electron chi connectivity index (χ3n) is 3.07. The van der Waals surface area contributed by atoms with Gasteiger partial charge in [0.2, 0.25) is 0 Å². The molecule has 0 bridgehead atoms. The van der Waals surface area contributed by atoms with Crippen molar-refractivity contribution in [2.24, 2.45) is 11.3 Å². The van der Waals surface area contributed by atoms with Crippen molar-refractivity contribution < 1.29 is 8.78 Å². The quantitative estimate of drug-likeness (QED) is 0.475. The summed E-state index contributed by atoms with van der Waals surface area (Å²) in [6.45, 7) is 1.71. The summed E-state index contributed by atoms with van der Waals surface area (Å²) < 4.78 is 25.3. The molecule has 2 unspecified atom stereocenters. The van der Waals surface area contributed by atoms with Crippen LogP contribution in [0, 0.1) is 11.3 Å². The highest BCUT2D eigenvalue weighted by Crippen LogP contribution is 2.73. The summed E-state index contributed by atoms with van der Waals surface area (Å²) in [6, 6.07) is 0. The fourth-order valence-corrected chi connectivity index (χ4v) is 2.19. The lowest BCUT2D eigenvalue weighted by molar-refractivity contribution is 0.0498. The monoisotopic (exact) mass is 132 g/mol. The molecule has 0 aliphatic heterocycles. The minimum Gasteiger partial charge on any atom is -0.206 e. The van der Waals surface area contributed by atoms with Crippen LogP contribution in [0.5, 0.6) is 0 Å². The largest absolute Gasteiger partial charge is 0.257 e. The van der Waals surface area contributed by atoms with E-state index < -0.39 is 11.3 Å². The topological polar surface area (TPSA) is 0 Å². The maximum absolute atomic E-state index is 12.6. The highest BCUT2D eigenvalue weighted by atomic mass is 19.3. The summed E-state index contributed by atoms with van der Waals surface area (Å²) in [4.78, 5) is 0. The predicted molar refractivity (Wildman–Crippen MR) is 30.4 cm³/mol. The molecule has 0 spiro atoms. The minimum absolute atomic E-state index is 0.259. The molecule has 0 saturated heterocycles. The molecule has 0 radical (unpaired) electrons. The first-order valence-electron chi connectivity index (χ1n) is 3.47. The van der Waals surface area contributed by atoms with E-state index in [4.69, 9.17) is 0 Å². The van der Waals surface area contributed by atoms with Crippen LogP contribution < -0.4 is 0 Å². The normalized spacial score (nSPS) is 53.0. The van der Waals surface area contributed by atoms with Gasteiger partial charge < -0.3 is 0 Å². The molecule has 52 valence electrons. The zero-order valence-electron chi connectivity index (χ0n) is 5.45. The van der Waals surface area contributed by atoms with Crippen molar-refractivity contribution in [2.75, 3.05) is 0 Å². The third kappa shape index (κ3) is 0.404. The molecule has 2 rings (SSSR count). The van der Waals surface area contributed by atoms with Crippen LogP contribution in [0.4, 0.5) is 8.78 Å². The van der Waals surface area contributed by atoms with Gasteiger partial charge in [-0.05, 0) is 12.8 Å². The molecule has 0 nitrogen and oxygen atoms in total. The smallest absolute Gasteiger partial charge is 0.206 e. The van der Waals surface area contributed by atoms with E-state index in [1.807, 2.05) is 0 Å². The van der Waals surface area contributed by atoms with Gasteiger partial charge >= 0.3 is 0 Å². The minimum atomic E-state index is -2.30. The lowest BCUT2D eigenvalue weighted by atomic mass is 10.1. The van der Waals surface area contributed by atoms with Gasteiger partial charge in [0, 0.05) is 11.3 Å². The molecule has 2 heteroatoms. The summed E-state index contributed by atoms with van der Waals surface area (Å²) in [5.41, 5.74) is -0.576. The lowest BCUT2D eigenvalue weighted by Crippen LogP contribution is -2.06. The Morgan fingerprint density at radius 3 is 2.33 bits per heavy atom. The summed E-state index contributed by atoms with van der Waals surface area (Å²) in [5.74, 6) is -2.56. The van der Waals surface area contributed by atoms with Gasteiger partial charge in [-0.2, -0.15) is 0 Å². The van der Waals surface area contributed by atoms with Gasteiger partial charge in [-0.1, -0.05) is 13.3 Å². The van der Waals surface area contributed by atoms with Crippen molar-refractivity contribution in [1.82, 2.24) is 0 Å². The summed E-state index contributed by atoms with van der Waals surface area (Å²) in [6.07, 6.45) is 2.50. The van der Waals surface area contributed by atoms with E-state index in [0.717, 1.165) is 19.3 Å². The standard InChI is InChI=1S/C7H10F2/c1-6-4-2-3-5(6)7(6,8)9/h5H,2-4H2,1H3. The Hall–Kier alpha value is -0.140. The van der Waals surface area contributed by atoms with Crippen LogP contribution in [0.1, 0.15) is 26.2 Å². The molecule has 9 heavy (non-hydrogen) atoms. The van der Waals surface area contributed by atoms with Gasteiger partial charge in [-0.3, -0.25) is 0 Å². The van der Waals surface area contributed by atoms with Crippen molar-refractivity contribution in [1.29, 1.82) is 0 Å². The van der Waals surface area contributed by atoms with E-state index in [1.165, 1.54) is 0 Å². The summed E-state index contributed by atoms with van der Waals surface area (Å²) in [5, 5.41) is 0. The number of fused-ring (bicyclic) bond motifs is 1. The first-order valence-corrected chi connectivity index (χ1v) is 3.47. The second-order valence-corrected chi connectivity index (χ2v) is 3.49. The highest BCUT2D eigenvalue weighted by Gasteiger charge is 2.78. The molecule has 0 aromatic carbocycles. The fraction of sp³-hybridized carbons (Fsp3) is 1.00. The Morgan fingerprint density at radius 2 is 2.11 bits per heavy atom. The van der Waals surface area contributed by atoms with Crippen LogP contribution in [-0.4, -0.2) is 5.92 Å². The van der Waals surface area contributed by atoms with Crippen molar-refractivity contribution >= 4 is 0 Å². The molecule has 2 saturated carbocycles. The number of hydrogen-bond acceptors (Lipinski definition) is 0. The number of halogens is 2. The van der Waals surface area contributed by atoms with Crippen LogP contribution in [-0.2, 0) is 0 Å². The molecular formula is C7H10F2. The zero-order valence-corrected chi connectivity index (χ0v) is 5.45. The van der Waals surface area contributed by atoms with Crippen LogP contribution in [0.25, 0.3) is 0 Å². The van der Waals surface area contributed by atoms with Gasteiger partial charge in [-0.25, -0.2) is 8.78 Å². The van der Waals surface area contributed by atoms with E-state index in [1.54, 1.807) is 6.92 Å². The average molecular weight is 132 g/mol. The van der Waals surface area contributed by atoms with Crippen molar-refractivity contribution in [2.45, 2.75) is 32.1 Å². The predicted octanol–water partition coefficient (Wildman–Crippen LogP) is 2.44. The van der Waals surface area contributed by atoms with E-state index in [-0.39, 0.29) is 5.92 Å². The first kappa shape index (κ1) is 5.63. The van der Waals surface area contributed by atoms with Crippen LogP contribution in [0.15, 0.2) is 0 Å². The van der Waals surface area contributed by atoms with Crippen molar-refractivity contribution in [3.63, 3.8) is 0 Å². The summed E-state index contributed by atoms with van der Waals surface area (Å²) in [7, 11) is 0. The van der Waals surface area contributed by atoms with E-state index in [2.05, 4.69) is 0 Å². The van der Waals surface area contributed by atoms with Crippen LogP contribution in [0.3, 0.4) is 0 Å². The van der Waals surface area contributed by atoms with Gasteiger partial charge in [0.25, 0.3) is 5.92 Å². The molecule has 2 aliphatic rings. The average Bonchev–Trinajstić information content (AvgIpc) is 2.21. The molecule has 0 N–H and O–H groups in total. The third-order valence-corrected chi connectivity index (χ3v) is 3.07. The second-order valence-electron chi connectivity index (χ2n) is 3.49. The highest BCUT2D eigenvalue weighted by molar-refractivity contribution is 5.18. The van der Waals surface area contributed by atoms with E-state index >= 15 is 0 Å². The molecule has 0 heterocycles.